The van der Waals surface area contributed by atoms with Crippen LogP contribution in [0.2, 0.25) is 0 Å². The average Bonchev–Trinajstić information content (AvgIpc) is 3.16. The van der Waals surface area contributed by atoms with E-state index in [2.05, 4.69) is 53.2 Å². The molecular weight excluding hydrogens is 356 g/mol. The number of rotatable bonds is 4. The SMILES string of the molecule is Cc1ccc(-n2cnnc2SCC(=O)N2CCC(C)C3CCCCC32)cc1. The molecule has 1 aliphatic heterocycles. The van der Waals surface area contributed by atoms with Crippen LogP contribution in [0.25, 0.3) is 5.69 Å². The first-order chi connectivity index (χ1) is 13.1. The van der Waals surface area contributed by atoms with Gasteiger partial charge in [-0.2, -0.15) is 0 Å². The Morgan fingerprint density at radius 2 is 1.96 bits per heavy atom. The third-order valence-corrected chi connectivity index (χ3v) is 7.14. The van der Waals surface area contributed by atoms with Crippen LogP contribution in [0.5, 0.6) is 0 Å². The van der Waals surface area contributed by atoms with Crippen molar-refractivity contribution in [3.05, 3.63) is 36.2 Å². The van der Waals surface area contributed by atoms with Gasteiger partial charge in [-0.15, -0.1) is 10.2 Å². The highest BCUT2D eigenvalue weighted by Gasteiger charge is 2.39. The number of aryl methyl sites for hydroxylation is 1. The van der Waals surface area contributed by atoms with E-state index >= 15 is 0 Å². The quantitative estimate of drug-likeness (QED) is 0.745. The lowest BCUT2D eigenvalue weighted by molar-refractivity contribution is -0.136. The van der Waals surface area contributed by atoms with E-state index in [4.69, 9.17) is 0 Å². The second-order valence-electron chi connectivity index (χ2n) is 7.98. The Kier molecular flexibility index (Phi) is 5.53. The predicted molar refractivity (Wildman–Crippen MR) is 108 cm³/mol. The van der Waals surface area contributed by atoms with Crippen molar-refractivity contribution in [3.8, 4) is 5.69 Å². The van der Waals surface area contributed by atoms with Crippen LogP contribution in [-0.2, 0) is 4.79 Å². The minimum atomic E-state index is 0.252. The minimum Gasteiger partial charge on any atom is -0.339 e. The van der Waals surface area contributed by atoms with Crippen LogP contribution in [0.3, 0.4) is 0 Å². The van der Waals surface area contributed by atoms with Crippen LogP contribution in [0.1, 0.15) is 44.6 Å². The number of nitrogens with zero attached hydrogens (tertiary/aromatic N) is 4. The van der Waals surface area contributed by atoms with Gasteiger partial charge < -0.3 is 4.90 Å². The van der Waals surface area contributed by atoms with E-state index in [9.17, 15) is 4.79 Å². The van der Waals surface area contributed by atoms with Crippen molar-refractivity contribution in [2.75, 3.05) is 12.3 Å². The van der Waals surface area contributed by atoms with E-state index in [1.54, 1.807) is 6.33 Å². The Bertz CT molecular complexity index is 788. The lowest BCUT2D eigenvalue weighted by Crippen LogP contribution is -2.52. The molecule has 2 aromatic rings. The van der Waals surface area contributed by atoms with Gasteiger partial charge in [0, 0.05) is 18.3 Å². The van der Waals surface area contributed by atoms with Crippen molar-refractivity contribution in [2.24, 2.45) is 11.8 Å². The molecule has 3 unspecified atom stereocenters. The normalized spacial score (nSPS) is 25.3. The number of carbonyl (C=O) groups excluding carboxylic acids is 1. The van der Waals surface area contributed by atoms with Gasteiger partial charge in [-0.25, -0.2) is 0 Å². The molecule has 6 heteroatoms. The molecule has 1 aromatic heterocycles. The molecule has 5 nitrogen and oxygen atoms in total. The molecule has 1 amide bonds. The molecule has 144 valence electrons. The molecule has 0 radical (unpaired) electrons. The zero-order chi connectivity index (χ0) is 18.8. The molecule has 0 spiro atoms. The summed E-state index contributed by atoms with van der Waals surface area (Å²) in [7, 11) is 0. The van der Waals surface area contributed by atoms with Gasteiger partial charge in [0.25, 0.3) is 0 Å². The number of carbonyl (C=O) groups is 1. The fourth-order valence-electron chi connectivity index (χ4n) is 4.64. The number of piperidine rings is 1. The maximum absolute atomic E-state index is 13.0. The minimum absolute atomic E-state index is 0.252. The number of amides is 1. The maximum atomic E-state index is 13.0. The highest BCUT2D eigenvalue weighted by atomic mass is 32.2. The van der Waals surface area contributed by atoms with Crippen LogP contribution in [0.15, 0.2) is 35.7 Å². The van der Waals surface area contributed by atoms with E-state index in [-0.39, 0.29) is 5.91 Å². The Morgan fingerprint density at radius 3 is 2.78 bits per heavy atom. The molecule has 27 heavy (non-hydrogen) atoms. The Balaban J connectivity index is 1.43. The van der Waals surface area contributed by atoms with Crippen molar-refractivity contribution in [1.82, 2.24) is 19.7 Å². The topological polar surface area (TPSA) is 51.0 Å². The molecule has 1 aliphatic carbocycles. The molecular formula is C21H28N4OS. The molecule has 3 atom stereocenters. The van der Waals surface area contributed by atoms with Gasteiger partial charge in [0.2, 0.25) is 5.91 Å². The summed E-state index contributed by atoms with van der Waals surface area (Å²) >= 11 is 1.49. The number of thioether (sulfide) groups is 1. The first-order valence-corrected chi connectivity index (χ1v) is 11.0. The largest absolute Gasteiger partial charge is 0.339 e. The average molecular weight is 385 g/mol. The summed E-state index contributed by atoms with van der Waals surface area (Å²) in [6.45, 7) is 5.35. The molecule has 2 aliphatic rings. The van der Waals surface area contributed by atoms with Crippen molar-refractivity contribution in [1.29, 1.82) is 0 Å². The van der Waals surface area contributed by atoms with Gasteiger partial charge in [0.1, 0.15) is 6.33 Å². The lowest BCUT2D eigenvalue weighted by atomic mass is 9.72. The fourth-order valence-corrected chi connectivity index (χ4v) is 5.45. The molecule has 1 saturated carbocycles. The Hall–Kier alpha value is -1.82. The van der Waals surface area contributed by atoms with Crippen LogP contribution in [0, 0.1) is 18.8 Å². The Labute approximate surface area is 165 Å². The van der Waals surface area contributed by atoms with E-state index < -0.39 is 0 Å². The number of fused-ring (bicyclic) bond motifs is 1. The highest BCUT2D eigenvalue weighted by Crippen LogP contribution is 2.39. The molecule has 0 N–H and O–H groups in total. The van der Waals surface area contributed by atoms with Crippen LogP contribution in [0.4, 0.5) is 0 Å². The third kappa shape index (κ3) is 3.91. The maximum Gasteiger partial charge on any atom is 0.233 e. The van der Waals surface area contributed by atoms with Gasteiger partial charge >= 0.3 is 0 Å². The van der Waals surface area contributed by atoms with Gasteiger partial charge in [0.15, 0.2) is 5.16 Å². The summed E-state index contributed by atoms with van der Waals surface area (Å²) < 4.78 is 1.96. The molecule has 4 rings (SSSR count). The standard InChI is InChI=1S/C21H28N4OS/c1-15-7-9-17(10-8-15)25-14-22-23-21(25)27-13-20(26)24-12-11-16(2)18-5-3-4-6-19(18)24/h7-10,14,16,18-19H,3-6,11-13H2,1-2H3. The van der Waals surface area contributed by atoms with E-state index in [0.29, 0.717) is 17.7 Å². The fraction of sp³-hybridized carbons (Fsp3) is 0.571. The number of aromatic nitrogens is 3. The number of hydrogen-bond donors (Lipinski definition) is 0. The Morgan fingerprint density at radius 1 is 1.19 bits per heavy atom. The molecule has 0 bridgehead atoms. The summed E-state index contributed by atoms with van der Waals surface area (Å²) in [5.41, 5.74) is 2.25. The predicted octanol–water partition coefficient (Wildman–Crippen LogP) is 4.10. The van der Waals surface area contributed by atoms with Gasteiger partial charge in [-0.05, 0) is 50.2 Å². The van der Waals surface area contributed by atoms with Crippen LogP contribution < -0.4 is 0 Å². The molecule has 2 heterocycles. The summed E-state index contributed by atoms with van der Waals surface area (Å²) in [4.78, 5) is 15.2. The van der Waals surface area contributed by atoms with Gasteiger partial charge in [0.05, 0.1) is 5.75 Å². The first kappa shape index (κ1) is 18.5. The van der Waals surface area contributed by atoms with Crippen molar-refractivity contribution in [3.63, 3.8) is 0 Å². The summed E-state index contributed by atoms with van der Waals surface area (Å²) in [5, 5.41) is 9.06. The number of likely N-dealkylation sites (tertiary alicyclic amines) is 1. The first-order valence-electron chi connectivity index (χ1n) is 10.0. The summed E-state index contributed by atoms with van der Waals surface area (Å²) in [6.07, 6.45) is 7.89. The van der Waals surface area contributed by atoms with Crippen molar-refractivity contribution < 1.29 is 4.79 Å². The third-order valence-electron chi connectivity index (χ3n) is 6.21. The number of hydrogen-bond acceptors (Lipinski definition) is 4. The summed E-state index contributed by atoms with van der Waals surface area (Å²) in [6, 6.07) is 8.72. The molecule has 2 fully saturated rings. The van der Waals surface area contributed by atoms with E-state index in [1.807, 2.05) is 4.57 Å². The monoisotopic (exact) mass is 384 g/mol. The second kappa shape index (κ2) is 8.05. The number of benzene rings is 1. The summed E-state index contributed by atoms with van der Waals surface area (Å²) in [5.74, 6) is 2.12. The van der Waals surface area contributed by atoms with Crippen LogP contribution in [-0.4, -0.2) is 43.9 Å². The molecule has 1 aromatic carbocycles. The van der Waals surface area contributed by atoms with E-state index in [1.165, 1.54) is 43.0 Å². The zero-order valence-corrected chi connectivity index (χ0v) is 17.0. The van der Waals surface area contributed by atoms with Gasteiger partial charge in [-0.3, -0.25) is 9.36 Å². The second-order valence-corrected chi connectivity index (χ2v) is 8.92. The highest BCUT2D eigenvalue weighted by molar-refractivity contribution is 7.99. The smallest absolute Gasteiger partial charge is 0.233 e. The van der Waals surface area contributed by atoms with Crippen molar-refractivity contribution >= 4 is 17.7 Å². The lowest BCUT2D eigenvalue weighted by Gasteiger charge is -2.47. The van der Waals surface area contributed by atoms with E-state index in [0.717, 1.165) is 29.7 Å². The van der Waals surface area contributed by atoms with Crippen LogP contribution >= 0.6 is 11.8 Å². The van der Waals surface area contributed by atoms with Gasteiger partial charge in [-0.1, -0.05) is 49.2 Å². The van der Waals surface area contributed by atoms with Crippen molar-refractivity contribution in [2.45, 2.75) is 57.1 Å². The molecule has 1 saturated heterocycles. The zero-order valence-electron chi connectivity index (χ0n) is 16.2.